The largest absolute Gasteiger partial charge is 0.467 e. The molecule has 1 aromatic carbocycles. The van der Waals surface area contributed by atoms with Crippen LogP contribution in [0.4, 0.5) is 0 Å². The van der Waals surface area contributed by atoms with Crippen LogP contribution in [0, 0.1) is 5.92 Å². The number of esters is 2. The molecule has 0 bridgehead atoms. The lowest BCUT2D eigenvalue weighted by Crippen LogP contribution is -2.49. The molecule has 0 aliphatic carbocycles. The molecule has 0 fully saturated rings. The van der Waals surface area contributed by atoms with E-state index in [-0.39, 0.29) is 13.0 Å². The van der Waals surface area contributed by atoms with Crippen LogP contribution in [-0.4, -0.2) is 48.3 Å². The van der Waals surface area contributed by atoms with Crippen LogP contribution < -0.4 is 5.73 Å². The summed E-state index contributed by atoms with van der Waals surface area (Å²) in [4.78, 5) is 48.4. The highest BCUT2D eigenvalue weighted by atomic mass is 16.5. The number of carbonyl (C=O) groups excluding carboxylic acids is 4. The summed E-state index contributed by atoms with van der Waals surface area (Å²) in [6, 6.07) is 8.13. The van der Waals surface area contributed by atoms with E-state index in [1.54, 1.807) is 0 Å². The molecule has 0 aliphatic heterocycles. The van der Waals surface area contributed by atoms with Crippen molar-refractivity contribution in [2.24, 2.45) is 11.7 Å². The highest BCUT2D eigenvalue weighted by molar-refractivity contribution is 5.91. The quantitative estimate of drug-likeness (QED) is 0.643. The lowest BCUT2D eigenvalue weighted by Gasteiger charge is -2.28. The third-order valence-corrected chi connectivity index (χ3v) is 3.76. The average molecular weight is 364 g/mol. The topological polar surface area (TPSA) is 116 Å². The molecule has 0 radical (unpaired) electrons. The lowest BCUT2D eigenvalue weighted by molar-refractivity contribution is -0.156. The van der Waals surface area contributed by atoms with Crippen molar-refractivity contribution in [2.75, 3.05) is 13.7 Å². The number of primary amides is 1. The molecule has 1 aromatic rings. The second-order valence-electron chi connectivity index (χ2n) is 5.88. The molecular formula is C18H24N2O6. The van der Waals surface area contributed by atoms with Gasteiger partial charge in [-0.15, -0.1) is 0 Å². The number of nitrogens with zero attached hydrogens (tertiary/aromatic N) is 1. The fourth-order valence-electron chi connectivity index (χ4n) is 2.29. The molecule has 0 aliphatic rings. The zero-order valence-electron chi connectivity index (χ0n) is 15.1. The number of hydrogen-bond donors (Lipinski definition) is 1. The van der Waals surface area contributed by atoms with E-state index in [1.807, 2.05) is 30.3 Å². The first-order valence-electron chi connectivity index (χ1n) is 8.12. The van der Waals surface area contributed by atoms with Gasteiger partial charge in [0, 0.05) is 5.92 Å². The molecule has 8 nitrogen and oxygen atoms in total. The van der Waals surface area contributed by atoms with E-state index in [2.05, 4.69) is 4.74 Å². The van der Waals surface area contributed by atoms with Gasteiger partial charge in [-0.2, -0.15) is 0 Å². The maximum absolute atomic E-state index is 12.6. The number of nitrogens with two attached hydrogens (primary N) is 1. The van der Waals surface area contributed by atoms with Gasteiger partial charge in [-0.3, -0.25) is 14.4 Å². The third kappa shape index (κ3) is 6.54. The minimum Gasteiger partial charge on any atom is -0.467 e. The van der Waals surface area contributed by atoms with Gasteiger partial charge in [0.25, 0.3) is 0 Å². The highest BCUT2D eigenvalue weighted by Crippen LogP contribution is 2.13. The van der Waals surface area contributed by atoms with Crippen molar-refractivity contribution >= 4 is 23.8 Å². The number of ether oxygens (including phenoxy) is 2. The van der Waals surface area contributed by atoms with E-state index in [9.17, 15) is 19.2 Å². The van der Waals surface area contributed by atoms with Crippen molar-refractivity contribution in [3.63, 3.8) is 0 Å². The van der Waals surface area contributed by atoms with Crippen LogP contribution in [0.2, 0.25) is 0 Å². The maximum Gasteiger partial charge on any atom is 0.328 e. The van der Waals surface area contributed by atoms with Gasteiger partial charge in [-0.05, 0) is 12.5 Å². The molecule has 0 unspecified atom stereocenters. The first-order valence-corrected chi connectivity index (χ1v) is 8.12. The number of hydrogen-bond acceptors (Lipinski definition) is 6. The Morgan fingerprint density at radius 1 is 1.12 bits per heavy atom. The molecule has 0 saturated carbocycles. The van der Waals surface area contributed by atoms with Gasteiger partial charge in [0.15, 0.2) is 0 Å². The van der Waals surface area contributed by atoms with E-state index in [4.69, 9.17) is 10.5 Å². The lowest BCUT2D eigenvalue weighted by atomic mass is 10.1. The van der Waals surface area contributed by atoms with Crippen molar-refractivity contribution in [2.45, 2.75) is 32.9 Å². The van der Waals surface area contributed by atoms with Gasteiger partial charge >= 0.3 is 11.9 Å². The van der Waals surface area contributed by atoms with E-state index < -0.39 is 42.3 Å². The Balaban J connectivity index is 2.67. The molecule has 8 heteroatoms. The third-order valence-electron chi connectivity index (χ3n) is 3.76. The van der Waals surface area contributed by atoms with Crippen molar-refractivity contribution in [3.05, 3.63) is 35.9 Å². The fourth-order valence-corrected chi connectivity index (χ4v) is 2.29. The first-order chi connectivity index (χ1) is 12.3. The van der Waals surface area contributed by atoms with E-state index in [0.29, 0.717) is 0 Å². The summed E-state index contributed by atoms with van der Waals surface area (Å²) in [6.07, 6.45) is -0.186. The van der Waals surface area contributed by atoms with Crippen LogP contribution in [0.3, 0.4) is 0 Å². The monoisotopic (exact) mass is 364 g/mol. The predicted molar refractivity (Wildman–Crippen MR) is 92.4 cm³/mol. The Bertz CT molecular complexity index is 646. The molecule has 0 aromatic heterocycles. The molecule has 2 atom stereocenters. The van der Waals surface area contributed by atoms with Gasteiger partial charge in [0.05, 0.1) is 13.5 Å². The number of amides is 2. The molecule has 0 spiro atoms. The molecule has 0 saturated heterocycles. The first kappa shape index (κ1) is 21.1. The minimum atomic E-state index is -0.997. The minimum absolute atomic E-state index is 0.101. The van der Waals surface area contributed by atoms with Gasteiger partial charge in [-0.1, -0.05) is 37.3 Å². The average Bonchev–Trinajstić information content (AvgIpc) is 2.63. The van der Waals surface area contributed by atoms with Crippen molar-refractivity contribution < 1.29 is 28.7 Å². The Morgan fingerprint density at radius 2 is 1.73 bits per heavy atom. The summed E-state index contributed by atoms with van der Waals surface area (Å²) in [5.74, 6) is -3.35. The Kier molecular flexibility index (Phi) is 8.27. The molecule has 0 heterocycles. The maximum atomic E-state index is 12.6. The predicted octanol–water partition coefficient (Wildman–Crippen LogP) is 0.631. The second kappa shape index (κ2) is 10.2. The Hall–Kier alpha value is -2.90. The fraction of sp³-hybridized carbons (Fsp3) is 0.444. The normalized spacial score (nSPS) is 12.6. The van der Waals surface area contributed by atoms with Crippen molar-refractivity contribution in [1.29, 1.82) is 0 Å². The number of rotatable bonds is 9. The van der Waals surface area contributed by atoms with Crippen LogP contribution in [0.5, 0.6) is 0 Å². The number of carbonyl (C=O) groups is 4. The summed E-state index contributed by atoms with van der Waals surface area (Å²) in [5.41, 5.74) is 5.98. The second-order valence-corrected chi connectivity index (χ2v) is 5.88. The number of methoxy groups -OCH3 is 1. The van der Waals surface area contributed by atoms with Crippen LogP contribution in [-0.2, 0) is 35.3 Å². The van der Waals surface area contributed by atoms with Crippen LogP contribution in [0.1, 0.15) is 25.8 Å². The summed E-state index contributed by atoms with van der Waals surface area (Å²) >= 11 is 0. The Labute approximate surface area is 152 Å². The van der Waals surface area contributed by atoms with E-state index in [1.165, 1.54) is 21.0 Å². The highest BCUT2D eigenvalue weighted by Gasteiger charge is 2.31. The van der Waals surface area contributed by atoms with Gasteiger partial charge in [0.2, 0.25) is 11.8 Å². The summed E-state index contributed by atoms with van der Waals surface area (Å²) in [6.45, 7) is 2.60. The van der Waals surface area contributed by atoms with Gasteiger partial charge in [0.1, 0.15) is 19.2 Å². The number of benzene rings is 1. The Morgan fingerprint density at radius 3 is 2.27 bits per heavy atom. The van der Waals surface area contributed by atoms with E-state index >= 15 is 0 Å². The standard InChI is InChI=1S/C18H24N2O6/c1-12(9-16(22)26-11-14-7-5-4-6-8-14)17(23)20(10-15(19)21)13(2)18(24)25-3/h4-8,12-13H,9-11H2,1-3H3,(H2,19,21)/t12-,13+/m1/s1. The summed E-state index contributed by atoms with van der Waals surface area (Å²) < 4.78 is 9.74. The van der Waals surface area contributed by atoms with Crippen molar-refractivity contribution in [3.8, 4) is 0 Å². The van der Waals surface area contributed by atoms with Gasteiger partial charge in [-0.25, -0.2) is 4.79 Å². The van der Waals surface area contributed by atoms with Crippen LogP contribution >= 0.6 is 0 Å². The SMILES string of the molecule is COC(=O)[C@H](C)N(CC(N)=O)C(=O)[C@H](C)CC(=O)OCc1ccccc1. The molecule has 2 N–H and O–H groups in total. The van der Waals surface area contributed by atoms with Crippen LogP contribution in [0.25, 0.3) is 0 Å². The summed E-state index contributed by atoms with van der Waals surface area (Å²) in [7, 11) is 1.18. The summed E-state index contributed by atoms with van der Waals surface area (Å²) in [5, 5.41) is 0. The molecule has 2 amide bonds. The van der Waals surface area contributed by atoms with E-state index in [0.717, 1.165) is 10.5 Å². The van der Waals surface area contributed by atoms with Gasteiger partial charge < -0.3 is 20.1 Å². The molecule has 1 rings (SSSR count). The molecule has 142 valence electrons. The molecule has 26 heavy (non-hydrogen) atoms. The van der Waals surface area contributed by atoms with Crippen LogP contribution in [0.15, 0.2) is 30.3 Å². The zero-order valence-corrected chi connectivity index (χ0v) is 15.1. The molecular weight excluding hydrogens is 340 g/mol. The smallest absolute Gasteiger partial charge is 0.328 e. The zero-order chi connectivity index (χ0) is 19.7. The van der Waals surface area contributed by atoms with Crippen molar-refractivity contribution in [1.82, 2.24) is 4.90 Å².